The molecule has 0 saturated carbocycles. The highest BCUT2D eigenvalue weighted by atomic mass is 35.5. The van der Waals surface area contributed by atoms with Gasteiger partial charge in [0.25, 0.3) is 0 Å². The molecule has 10 heteroatoms. The molecular formula is C22H28ClN3O5S. The van der Waals surface area contributed by atoms with Crippen LogP contribution < -0.4 is 14.8 Å². The maximum atomic E-state index is 13.0. The van der Waals surface area contributed by atoms with Crippen LogP contribution in [0.4, 0.5) is 5.69 Å². The molecule has 0 radical (unpaired) electrons. The lowest BCUT2D eigenvalue weighted by Crippen LogP contribution is -2.50. The second-order valence-corrected chi connectivity index (χ2v) is 10.00. The monoisotopic (exact) mass is 481 g/mol. The van der Waals surface area contributed by atoms with Gasteiger partial charge in [-0.25, -0.2) is 8.42 Å². The number of carbonyl (C=O) groups is 1. The van der Waals surface area contributed by atoms with Crippen LogP contribution in [0.25, 0.3) is 0 Å². The smallest absolute Gasteiger partial charge is 0.243 e. The normalized spacial score (nSPS) is 15.4. The first-order valence-corrected chi connectivity index (χ1v) is 12.0. The Hall–Kier alpha value is -2.33. The van der Waals surface area contributed by atoms with Crippen LogP contribution in [0.2, 0.25) is 5.02 Å². The summed E-state index contributed by atoms with van der Waals surface area (Å²) in [5, 5.41) is 3.19. The predicted octanol–water partition coefficient (Wildman–Crippen LogP) is 2.92. The third-order valence-electron chi connectivity index (χ3n) is 5.39. The van der Waals surface area contributed by atoms with Gasteiger partial charge in [0, 0.05) is 38.3 Å². The number of ether oxygens (including phenoxy) is 2. The minimum absolute atomic E-state index is 0.130. The second-order valence-electron chi connectivity index (χ2n) is 7.68. The first-order chi connectivity index (χ1) is 15.1. The van der Waals surface area contributed by atoms with Crippen molar-refractivity contribution in [1.29, 1.82) is 0 Å². The molecule has 2 aromatic rings. The molecule has 0 unspecified atom stereocenters. The molecule has 8 nitrogen and oxygen atoms in total. The fourth-order valence-corrected chi connectivity index (χ4v) is 5.57. The highest BCUT2D eigenvalue weighted by molar-refractivity contribution is 7.89. The van der Waals surface area contributed by atoms with Crippen LogP contribution in [0.3, 0.4) is 0 Å². The molecule has 1 amide bonds. The van der Waals surface area contributed by atoms with Crippen LogP contribution in [-0.2, 0) is 14.8 Å². The zero-order chi connectivity index (χ0) is 23.5. The lowest BCUT2D eigenvalue weighted by molar-refractivity contribution is -0.117. The predicted molar refractivity (Wildman–Crippen MR) is 124 cm³/mol. The third-order valence-corrected chi connectivity index (χ3v) is 7.75. The number of benzene rings is 2. The number of sulfonamides is 1. The van der Waals surface area contributed by atoms with E-state index in [-0.39, 0.29) is 12.5 Å². The van der Waals surface area contributed by atoms with E-state index in [0.29, 0.717) is 53.3 Å². The van der Waals surface area contributed by atoms with Crippen molar-refractivity contribution in [2.24, 2.45) is 0 Å². The van der Waals surface area contributed by atoms with E-state index >= 15 is 0 Å². The average molecular weight is 482 g/mol. The SMILES string of the molecule is COc1cc(NC(=O)CN2CCN(S(=O)(=O)c3ccc(C)cc3C)CC2)c(OC)cc1Cl. The Balaban J connectivity index is 1.61. The van der Waals surface area contributed by atoms with E-state index in [9.17, 15) is 13.2 Å². The van der Waals surface area contributed by atoms with Crippen LogP contribution >= 0.6 is 11.6 Å². The topological polar surface area (TPSA) is 88.2 Å². The van der Waals surface area contributed by atoms with E-state index in [0.717, 1.165) is 11.1 Å². The maximum Gasteiger partial charge on any atom is 0.243 e. The molecule has 1 saturated heterocycles. The maximum absolute atomic E-state index is 13.0. The van der Waals surface area contributed by atoms with E-state index in [2.05, 4.69) is 5.32 Å². The standard InChI is InChI=1S/C22H28ClN3O5S/c1-15-5-6-21(16(2)11-15)32(28,29)26-9-7-25(8-10-26)14-22(27)24-18-13-19(30-3)17(23)12-20(18)31-4/h5-6,11-13H,7-10,14H2,1-4H3,(H,24,27). The van der Waals surface area contributed by atoms with Crippen molar-refractivity contribution >= 4 is 33.2 Å². The van der Waals surface area contributed by atoms with Crippen molar-refractivity contribution in [1.82, 2.24) is 9.21 Å². The quantitative estimate of drug-likeness (QED) is 0.654. The molecular weight excluding hydrogens is 454 g/mol. The van der Waals surface area contributed by atoms with Crippen molar-refractivity contribution < 1.29 is 22.7 Å². The van der Waals surface area contributed by atoms with E-state index in [1.54, 1.807) is 31.2 Å². The van der Waals surface area contributed by atoms with Crippen LogP contribution in [0.1, 0.15) is 11.1 Å². The number of methoxy groups -OCH3 is 2. The van der Waals surface area contributed by atoms with E-state index in [1.807, 2.05) is 17.9 Å². The summed E-state index contributed by atoms with van der Waals surface area (Å²) in [7, 11) is -0.587. The van der Waals surface area contributed by atoms with Gasteiger partial charge in [-0.3, -0.25) is 9.69 Å². The van der Waals surface area contributed by atoms with E-state index in [1.165, 1.54) is 18.5 Å². The molecule has 0 aliphatic carbocycles. The van der Waals surface area contributed by atoms with Crippen LogP contribution in [0, 0.1) is 13.8 Å². The van der Waals surface area contributed by atoms with Crippen LogP contribution in [0.5, 0.6) is 11.5 Å². The number of hydrogen-bond donors (Lipinski definition) is 1. The number of piperazine rings is 1. The highest BCUT2D eigenvalue weighted by Crippen LogP contribution is 2.35. The third kappa shape index (κ3) is 5.35. The van der Waals surface area contributed by atoms with Gasteiger partial charge < -0.3 is 14.8 Å². The van der Waals surface area contributed by atoms with Gasteiger partial charge in [-0.2, -0.15) is 4.31 Å². The Morgan fingerprint density at radius 1 is 1.03 bits per heavy atom. The lowest BCUT2D eigenvalue weighted by Gasteiger charge is -2.33. The summed E-state index contributed by atoms with van der Waals surface area (Å²) < 4.78 is 38.0. The minimum Gasteiger partial charge on any atom is -0.495 e. The molecule has 2 aromatic carbocycles. The lowest BCUT2D eigenvalue weighted by atomic mass is 10.2. The number of anilines is 1. The zero-order valence-corrected chi connectivity index (χ0v) is 20.2. The molecule has 0 spiro atoms. The summed E-state index contributed by atoms with van der Waals surface area (Å²) in [5.41, 5.74) is 2.21. The first kappa shape index (κ1) is 24.3. The Bertz CT molecular complexity index is 1100. The number of aryl methyl sites for hydroxylation is 2. The van der Waals surface area contributed by atoms with Gasteiger partial charge in [0.1, 0.15) is 11.5 Å². The number of carbonyl (C=O) groups excluding carboxylic acids is 1. The average Bonchev–Trinajstić information content (AvgIpc) is 2.74. The molecule has 1 N–H and O–H groups in total. The van der Waals surface area contributed by atoms with Crippen LogP contribution in [0.15, 0.2) is 35.2 Å². The van der Waals surface area contributed by atoms with Gasteiger partial charge in [-0.15, -0.1) is 0 Å². The van der Waals surface area contributed by atoms with E-state index in [4.69, 9.17) is 21.1 Å². The fraction of sp³-hybridized carbons (Fsp3) is 0.409. The largest absolute Gasteiger partial charge is 0.495 e. The molecule has 0 atom stereocenters. The summed E-state index contributed by atoms with van der Waals surface area (Å²) in [6.45, 7) is 5.42. The van der Waals surface area contributed by atoms with Gasteiger partial charge in [-0.05, 0) is 25.5 Å². The van der Waals surface area contributed by atoms with Gasteiger partial charge in [0.2, 0.25) is 15.9 Å². The molecule has 1 aliphatic rings. The van der Waals surface area contributed by atoms with Crippen molar-refractivity contribution in [3.8, 4) is 11.5 Å². The summed E-state index contributed by atoms with van der Waals surface area (Å²) in [4.78, 5) is 14.8. The first-order valence-electron chi connectivity index (χ1n) is 10.2. The number of hydrogen-bond acceptors (Lipinski definition) is 6. The summed E-state index contributed by atoms with van der Waals surface area (Å²) in [5.74, 6) is 0.611. The molecule has 174 valence electrons. The van der Waals surface area contributed by atoms with Gasteiger partial charge in [-0.1, -0.05) is 29.3 Å². The Labute approximate surface area is 194 Å². The van der Waals surface area contributed by atoms with Crippen molar-refractivity contribution in [2.75, 3.05) is 52.3 Å². The molecule has 3 rings (SSSR count). The number of nitrogens with one attached hydrogen (secondary N) is 1. The second kappa shape index (κ2) is 10.1. The van der Waals surface area contributed by atoms with Gasteiger partial charge in [0.05, 0.1) is 36.4 Å². The Kier molecular flexibility index (Phi) is 7.66. The van der Waals surface area contributed by atoms with Crippen molar-refractivity contribution in [2.45, 2.75) is 18.7 Å². The molecule has 1 heterocycles. The Morgan fingerprint density at radius 2 is 1.69 bits per heavy atom. The summed E-state index contributed by atoms with van der Waals surface area (Å²) in [6, 6.07) is 8.52. The van der Waals surface area contributed by atoms with E-state index < -0.39 is 10.0 Å². The molecule has 1 aliphatic heterocycles. The Morgan fingerprint density at radius 3 is 2.28 bits per heavy atom. The van der Waals surface area contributed by atoms with Crippen molar-refractivity contribution in [3.05, 3.63) is 46.5 Å². The fourth-order valence-electron chi connectivity index (χ4n) is 3.71. The highest BCUT2D eigenvalue weighted by Gasteiger charge is 2.30. The number of amides is 1. The zero-order valence-electron chi connectivity index (χ0n) is 18.6. The molecule has 0 bridgehead atoms. The number of nitrogens with zero attached hydrogens (tertiary/aromatic N) is 2. The molecule has 1 fully saturated rings. The molecule has 0 aromatic heterocycles. The summed E-state index contributed by atoms with van der Waals surface area (Å²) >= 11 is 6.10. The van der Waals surface area contributed by atoms with Gasteiger partial charge >= 0.3 is 0 Å². The molecule has 32 heavy (non-hydrogen) atoms. The van der Waals surface area contributed by atoms with Crippen LogP contribution in [-0.4, -0.2) is 70.5 Å². The number of rotatable bonds is 7. The number of halogens is 1. The van der Waals surface area contributed by atoms with Crippen molar-refractivity contribution in [3.63, 3.8) is 0 Å². The summed E-state index contributed by atoms with van der Waals surface area (Å²) in [6.07, 6.45) is 0. The van der Waals surface area contributed by atoms with Gasteiger partial charge in [0.15, 0.2) is 0 Å². The minimum atomic E-state index is -3.57.